The SMILES string of the molecule is O=C(c1ccc(S(=O)(=O)N2CCCC2)cc1)N1CCC[C@H]1c1ccc2c(c1)OCCO2. The zero-order valence-electron chi connectivity index (χ0n) is 17.3. The van der Waals surface area contributed by atoms with Gasteiger partial charge < -0.3 is 14.4 Å². The van der Waals surface area contributed by atoms with Gasteiger partial charge >= 0.3 is 0 Å². The number of fused-ring (bicyclic) bond motifs is 1. The van der Waals surface area contributed by atoms with Gasteiger partial charge in [-0.2, -0.15) is 4.31 Å². The van der Waals surface area contributed by atoms with Crippen molar-refractivity contribution in [3.8, 4) is 11.5 Å². The van der Waals surface area contributed by atoms with E-state index in [0.29, 0.717) is 38.4 Å². The Morgan fingerprint density at radius 3 is 2.32 bits per heavy atom. The Morgan fingerprint density at radius 2 is 1.58 bits per heavy atom. The minimum atomic E-state index is -3.48. The van der Waals surface area contributed by atoms with Crippen molar-refractivity contribution >= 4 is 15.9 Å². The van der Waals surface area contributed by atoms with Crippen LogP contribution in [0.2, 0.25) is 0 Å². The molecule has 8 heteroatoms. The third kappa shape index (κ3) is 3.78. The topological polar surface area (TPSA) is 76.2 Å². The number of nitrogens with zero attached hydrogens (tertiary/aromatic N) is 2. The van der Waals surface area contributed by atoms with E-state index in [1.807, 2.05) is 23.1 Å². The Morgan fingerprint density at radius 1 is 0.871 bits per heavy atom. The van der Waals surface area contributed by atoms with Gasteiger partial charge in [-0.15, -0.1) is 0 Å². The van der Waals surface area contributed by atoms with Crippen LogP contribution in [0, 0.1) is 0 Å². The fraction of sp³-hybridized carbons (Fsp3) is 0.435. The first kappa shape index (κ1) is 20.3. The molecule has 2 aromatic carbocycles. The van der Waals surface area contributed by atoms with Gasteiger partial charge in [0.2, 0.25) is 10.0 Å². The first-order valence-electron chi connectivity index (χ1n) is 10.8. The molecule has 1 atom stereocenters. The lowest BCUT2D eigenvalue weighted by atomic mass is 10.0. The summed E-state index contributed by atoms with van der Waals surface area (Å²) in [7, 11) is -3.48. The normalized spacial score (nSPS) is 21.4. The van der Waals surface area contributed by atoms with Crippen molar-refractivity contribution < 1.29 is 22.7 Å². The number of hydrogen-bond acceptors (Lipinski definition) is 5. The van der Waals surface area contributed by atoms with Gasteiger partial charge in [0.25, 0.3) is 5.91 Å². The summed E-state index contributed by atoms with van der Waals surface area (Å²) in [5.74, 6) is 1.38. The van der Waals surface area contributed by atoms with Crippen LogP contribution in [-0.4, -0.2) is 56.4 Å². The minimum Gasteiger partial charge on any atom is -0.486 e. The molecule has 0 N–H and O–H groups in total. The second kappa shape index (κ2) is 8.16. The van der Waals surface area contributed by atoms with E-state index in [4.69, 9.17) is 9.47 Å². The smallest absolute Gasteiger partial charge is 0.254 e. The van der Waals surface area contributed by atoms with Crippen LogP contribution in [0.3, 0.4) is 0 Å². The lowest BCUT2D eigenvalue weighted by molar-refractivity contribution is 0.0735. The van der Waals surface area contributed by atoms with Crippen LogP contribution in [0.5, 0.6) is 11.5 Å². The second-order valence-corrected chi connectivity index (χ2v) is 10.1. The molecule has 0 saturated carbocycles. The fourth-order valence-corrected chi connectivity index (χ4v) is 6.15. The number of carbonyl (C=O) groups excluding carboxylic acids is 1. The van der Waals surface area contributed by atoms with Crippen LogP contribution >= 0.6 is 0 Å². The van der Waals surface area contributed by atoms with Crippen molar-refractivity contribution in [1.29, 1.82) is 0 Å². The molecule has 2 fully saturated rings. The first-order valence-corrected chi connectivity index (χ1v) is 12.3. The molecule has 0 aromatic heterocycles. The summed E-state index contributed by atoms with van der Waals surface area (Å²) >= 11 is 0. The Bertz CT molecular complexity index is 1080. The summed E-state index contributed by atoms with van der Waals surface area (Å²) in [6.07, 6.45) is 3.59. The molecular formula is C23H26N2O5S. The molecule has 0 radical (unpaired) electrons. The molecule has 164 valence electrons. The fourth-order valence-electron chi connectivity index (χ4n) is 4.64. The minimum absolute atomic E-state index is 0.0312. The number of rotatable bonds is 4. The Kier molecular flexibility index (Phi) is 5.35. The third-order valence-electron chi connectivity index (χ3n) is 6.27. The quantitative estimate of drug-likeness (QED) is 0.727. The molecule has 2 aromatic rings. The summed E-state index contributed by atoms with van der Waals surface area (Å²) in [4.78, 5) is 15.4. The highest BCUT2D eigenvalue weighted by Crippen LogP contribution is 2.38. The van der Waals surface area contributed by atoms with E-state index in [2.05, 4.69) is 0 Å². The molecule has 0 bridgehead atoms. The molecule has 0 aliphatic carbocycles. The van der Waals surface area contributed by atoms with Gasteiger partial charge in [0.15, 0.2) is 11.5 Å². The van der Waals surface area contributed by atoms with E-state index in [1.165, 1.54) is 4.31 Å². The Balaban J connectivity index is 1.35. The molecule has 3 heterocycles. The van der Waals surface area contributed by atoms with E-state index in [9.17, 15) is 13.2 Å². The van der Waals surface area contributed by atoms with Crippen molar-refractivity contribution in [2.45, 2.75) is 36.6 Å². The summed E-state index contributed by atoms with van der Waals surface area (Å²) < 4.78 is 38.3. The van der Waals surface area contributed by atoms with Crippen molar-refractivity contribution in [2.75, 3.05) is 32.8 Å². The molecule has 7 nitrogen and oxygen atoms in total. The van der Waals surface area contributed by atoms with Gasteiger partial charge in [0.1, 0.15) is 13.2 Å². The van der Waals surface area contributed by atoms with Crippen LogP contribution < -0.4 is 9.47 Å². The Hall–Kier alpha value is -2.58. The summed E-state index contributed by atoms with van der Waals surface area (Å²) in [6, 6.07) is 12.2. The molecule has 2 saturated heterocycles. The highest BCUT2D eigenvalue weighted by molar-refractivity contribution is 7.89. The van der Waals surface area contributed by atoms with Gasteiger partial charge in [-0.1, -0.05) is 6.07 Å². The largest absolute Gasteiger partial charge is 0.486 e. The number of sulfonamides is 1. The van der Waals surface area contributed by atoms with Crippen LogP contribution in [0.25, 0.3) is 0 Å². The molecule has 5 rings (SSSR count). The zero-order valence-corrected chi connectivity index (χ0v) is 18.1. The number of amides is 1. The molecule has 3 aliphatic heterocycles. The van der Waals surface area contributed by atoms with Crippen LogP contribution in [0.15, 0.2) is 47.4 Å². The van der Waals surface area contributed by atoms with Crippen LogP contribution in [0.4, 0.5) is 0 Å². The number of likely N-dealkylation sites (tertiary alicyclic amines) is 1. The van der Waals surface area contributed by atoms with Gasteiger partial charge in [-0.25, -0.2) is 8.42 Å². The number of hydrogen-bond donors (Lipinski definition) is 0. The molecule has 1 amide bonds. The van der Waals surface area contributed by atoms with Gasteiger partial charge in [-0.05, 0) is 67.6 Å². The molecular weight excluding hydrogens is 416 g/mol. The van der Waals surface area contributed by atoms with E-state index in [0.717, 1.165) is 42.7 Å². The van der Waals surface area contributed by atoms with Gasteiger partial charge in [0, 0.05) is 25.2 Å². The molecule has 31 heavy (non-hydrogen) atoms. The number of carbonyl (C=O) groups is 1. The van der Waals surface area contributed by atoms with Gasteiger partial charge in [-0.3, -0.25) is 4.79 Å². The predicted molar refractivity (Wildman–Crippen MR) is 115 cm³/mol. The van der Waals surface area contributed by atoms with Crippen molar-refractivity contribution in [2.24, 2.45) is 0 Å². The van der Waals surface area contributed by atoms with Crippen LogP contribution in [-0.2, 0) is 10.0 Å². The predicted octanol–water partition coefficient (Wildman–Crippen LogP) is 3.22. The van der Waals surface area contributed by atoms with E-state index < -0.39 is 10.0 Å². The maximum absolute atomic E-state index is 13.2. The zero-order chi connectivity index (χ0) is 21.4. The standard InChI is InChI=1S/C23H26N2O5S/c26-23(17-5-8-19(9-6-17)31(27,28)24-11-1-2-12-24)25-13-3-4-20(25)18-7-10-21-22(16-18)30-15-14-29-21/h5-10,16,20H,1-4,11-15H2/t20-/m0/s1. The maximum Gasteiger partial charge on any atom is 0.254 e. The Labute approximate surface area is 182 Å². The number of benzene rings is 2. The lowest BCUT2D eigenvalue weighted by Gasteiger charge is -2.27. The van der Waals surface area contributed by atoms with E-state index in [1.54, 1.807) is 24.3 Å². The highest BCUT2D eigenvalue weighted by atomic mass is 32.2. The lowest BCUT2D eigenvalue weighted by Crippen LogP contribution is -2.31. The van der Waals surface area contributed by atoms with Gasteiger partial charge in [0.05, 0.1) is 10.9 Å². The first-order chi connectivity index (χ1) is 15.0. The van der Waals surface area contributed by atoms with Crippen LogP contribution in [0.1, 0.15) is 47.6 Å². The van der Waals surface area contributed by atoms with Crippen molar-refractivity contribution in [1.82, 2.24) is 9.21 Å². The second-order valence-electron chi connectivity index (χ2n) is 8.20. The average molecular weight is 443 g/mol. The number of ether oxygens (including phenoxy) is 2. The maximum atomic E-state index is 13.2. The molecule has 0 unspecified atom stereocenters. The highest BCUT2D eigenvalue weighted by Gasteiger charge is 2.32. The third-order valence-corrected chi connectivity index (χ3v) is 8.18. The monoisotopic (exact) mass is 442 g/mol. The van der Waals surface area contributed by atoms with E-state index >= 15 is 0 Å². The molecule has 3 aliphatic rings. The molecule has 0 spiro atoms. The summed E-state index contributed by atoms with van der Waals surface area (Å²) in [5.41, 5.74) is 1.54. The van der Waals surface area contributed by atoms with E-state index in [-0.39, 0.29) is 16.8 Å². The summed E-state index contributed by atoms with van der Waals surface area (Å²) in [5, 5.41) is 0. The van der Waals surface area contributed by atoms with Crippen molar-refractivity contribution in [3.05, 3.63) is 53.6 Å². The average Bonchev–Trinajstić information content (AvgIpc) is 3.51. The summed E-state index contributed by atoms with van der Waals surface area (Å²) in [6.45, 7) is 2.87. The van der Waals surface area contributed by atoms with Crippen molar-refractivity contribution in [3.63, 3.8) is 0 Å².